The van der Waals surface area contributed by atoms with Crippen molar-refractivity contribution in [2.45, 2.75) is 71.6 Å². The lowest BCUT2D eigenvalue weighted by atomic mass is 9.49. The Morgan fingerprint density at radius 2 is 1.73 bits per heavy atom. The lowest BCUT2D eigenvalue weighted by Gasteiger charge is -2.63. The van der Waals surface area contributed by atoms with E-state index in [0.29, 0.717) is 27.9 Å². The van der Waals surface area contributed by atoms with Crippen molar-refractivity contribution in [3.8, 4) is 22.9 Å². The Kier molecular flexibility index (Phi) is 8.98. The van der Waals surface area contributed by atoms with Crippen LogP contribution in [0.15, 0.2) is 54.9 Å². The van der Waals surface area contributed by atoms with E-state index in [1.54, 1.807) is 18.2 Å². The summed E-state index contributed by atoms with van der Waals surface area (Å²) < 4.78 is 8.51. The van der Waals surface area contributed by atoms with Crippen LogP contribution in [-0.2, 0) is 0 Å². The van der Waals surface area contributed by atoms with Gasteiger partial charge in [0.1, 0.15) is 17.9 Å². The molecule has 9 heteroatoms. The first-order chi connectivity index (χ1) is 21.6. The number of carbonyl (C=O) groups is 1. The van der Waals surface area contributed by atoms with Crippen LogP contribution in [0.1, 0.15) is 75.3 Å². The Morgan fingerprint density at radius 3 is 2.38 bits per heavy atom. The van der Waals surface area contributed by atoms with E-state index in [9.17, 15) is 10.1 Å². The molecule has 3 aromatic rings. The van der Waals surface area contributed by atoms with Crippen molar-refractivity contribution in [2.75, 3.05) is 32.7 Å². The summed E-state index contributed by atoms with van der Waals surface area (Å²) in [6, 6.07) is 15.4. The standard InChI is InChI=1S/C36H45ClN6O2/c1-35(2)33(36(3,4)34(35)45-30-10-9-27(20-38)31(37)19-30)41-32(44)26-7-5-25(6-8-26)28-21-40-43(23-28)29-13-17-42(18-14-29)22-24-11-15-39-16-12-24/h5-10,19,21,23-24,29,33-34,39H,11-18,22H2,1-4H3,(H,41,44). The van der Waals surface area contributed by atoms with Crippen LogP contribution in [0.5, 0.6) is 5.75 Å². The summed E-state index contributed by atoms with van der Waals surface area (Å²) in [4.78, 5) is 16.0. The molecule has 1 aromatic heterocycles. The number of benzene rings is 2. The Balaban J connectivity index is 1.03. The van der Waals surface area contributed by atoms with Gasteiger partial charge in [-0.1, -0.05) is 51.4 Å². The van der Waals surface area contributed by atoms with E-state index in [4.69, 9.17) is 21.4 Å². The molecule has 1 amide bonds. The number of ether oxygens (including phenoxy) is 1. The molecule has 0 spiro atoms. The minimum atomic E-state index is -0.322. The van der Waals surface area contributed by atoms with Gasteiger partial charge in [0.05, 0.1) is 22.8 Å². The quantitative estimate of drug-likeness (QED) is 0.303. The summed E-state index contributed by atoms with van der Waals surface area (Å²) >= 11 is 6.23. The average Bonchev–Trinajstić information content (AvgIpc) is 3.54. The molecule has 45 heavy (non-hydrogen) atoms. The number of nitrogens with one attached hydrogen (secondary N) is 2. The third-order valence-electron chi connectivity index (χ3n) is 10.4. The second kappa shape index (κ2) is 12.8. The van der Waals surface area contributed by atoms with Gasteiger partial charge in [0, 0.05) is 59.9 Å². The molecule has 0 atom stereocenters. The number of carbonyl (C=O) groups excluding carboxylic acids is 1. The minimum absolute atomic E-state index is 0.0969. The van der Waals surface area contributed by atoms with Gasteiger partial charge in [-0.15, -0.1) is 0 Å². The average molecular weight is 629 g/mol. The molecule has 2 N–H and O–H groups in total. The zero-order valence-electron chi connectivity index (χ0n) is 26.9. The number of hydrogen-bond acceptors (Lipinski definition) is 6. The Bertz CT molecular complexity index is 1530. The first-order valence-corrected chi connectivity index (χ1v) is 16.7. The Morgan fingerprint density at radius 1 is 1.04 bits per heavy atom. The van der Waals surface area contributed by atoms with Gasteiger partial charge in [-0.3, -0.25) is 9.48 Å². The third-order valence-corrected chi connectivity index (χ3v) is 10.7. The van der Waals surface area contributed by atoms with Crippen LogP contribution in [0.4, 0.5) is 0 Å². The summed E-state index contributed by atoms with van der Waals surface area (Å²) in [5, 5.41) is 21.0. The summed E-state index contributed by atoms with van der Waals surface area (Å²) in [5.41, 5.74) is 2.53. The van der Waals surface area contributed by atoms with E-state index in [1.807, 2.05) is 30.5 Å². The summed E-state index contributed by atoms with van der Waals surface area (Å²) in [6.07, 6.45) is 8.80. The Labute approximate surface area is 272 Å². The summed E-state index contributed by atoms with van der Waals surface area (Å²) in [5.74, 6) is 1.35. The van der Waals surface area contributed by atoms with Crippen LogP contribution < -0.4 is 15.4 Å². The largest absolute Gasteiger partial charge is 0.489 e. The normalized spacial score (nSPS) is 23.6. The van der Waals surface area contributed by atoms with Gasteiger partial charge in [-0.25, -0.2) is 0 Å². The van der Waals surface area contributed by atoms with Crippen LogP contribution in [-0.4, -0.2) is 65.5 Å². The number of piperidine rings is 2. The predicted octanol–water partition coefficient (Wildman–Crippen LogP) is 6.32. The van der Waals surface area contributed by atoms with Crippen molar-refractivity contribution < 1.29 is 9.53 Å². The van der Waals surface area contributed by atoms with Crippen molar-refractivity contribution in [1.82, 2.24) is 25.3 Å². The zero-order chi connectivity index (χ0) is 31.8. The van der Waals surface area contributed by atoms with Gasteiger partial charge in [-0.05, 0) is 74.5 Å². The maximum absolute atomic E-state index is 13.4. The monoisotopic (exact) mass is 628 g/mol. The first kappa shape index (κ1) is 31.6. The van der Waals surface area contributed by atoms with Crippen LogP contribution in [0.2, 0.25) is 5.02 Å². The molecule has 238 valence electrons. The fourth-order valence-corrected chi connectivity index (χ4v) is 8.32. The van der Waals surface area contributed by atoms with E-state index in [2.05, 4.69) is 60.2 Å². The van der Waals surface area contributed by atoms with Gasteiger partial charge >= 0.3 is 0 Å². The van der Waals surface area contributed by atoms with Gasteiger partial charge in [-0.2, -0.15) is 10.4 Å². The van der Waals surface area contributed by atoms with E-state index in [1.165, 1.54) is 19.4 Å². The fraction of sp³-hybridized carbons (Fsp3) is 0.528. The predicted molar refractivity (Wildman–Crippen MR) is 177 cm³/mol. The van der Waals surface area contributed by atoms with Crippen molar-refractivity contribution >= 4 is 17.5 Å². The molecule has 3 heterocycles. The molecule has 2 aromatic carbocycles. The van der Waals surface area contributed by atoms with Gasteiger partial charge in [0.15, 0.2) is 0 Å². The molecule has 0 radical (unpaired) electrons. The maximum atomic E-state index is 13.4. The highest BCUT2D eigenvalue weighted by atomic mass is 35.5. The van der Waals surface area contributed by atoms with Gasteiger partial charge in [0.2, 0.25) is 0 Å². The first-order valence-electron chi connectivity index (χ1n) is 16.3. The second-order valence-corrected chi connectivity index (χ2v) is 14.7. The summed E-state index contributed by atoms with van der Waals surface area (Å²) in [7, 11) is 0. The molecule has 8 nitrogen and oxygen atoms in total. The van der Waals surface area contributed by atoms with Gasteiger partial charge < -0.3 is 20.3 Å². The minimum Gasteiger partial charge on any atom is -0.489 e. The molecular weight excluding hydrogens is 584 g/mol. The zero-order valence-corrected chi connectivity index (χ0v) is 27.6. The molecule has 1 saturated carbocycles. The number of halogens is 1. The molecule has 0 unspecified atom stereocenters. The lowest BCUT2D eigenvalue weighted by molar-refractivity contribution is -0.164. The fourth-order valence-electron chi connectivity index (χ4n) is 8.11. The van der Waals surface area contributed by atoms with E-state index in [0.717, 1.165) is 56.1 Å². The number of nitrogens with zero attached hydrogens (tertiary/aromatic N) is 4. The molecule has 1 aliphatic carbocycles. The molecule has 2 aliphatic heterocycles. The molecule has 2 saturated heterocycles. The highest BCUT2D eigenvalue weighted by molar-refractivity contribution is 6.31. The topological polar surface area (TPSA) is 95.2 Å². The van der Waals surface area contributed by atoms with Crippen molar-refractivity contribution in [1.29, 1.82) is 5.26 Å². The summed E-state index contributed by atoms with van der Waals surface area (Å²) in [6.45, 7) is 14.3. The molecule has 3 aliphatic rings. The van der Waals surface area contributed by atoms with Crippen LogP contribution in [0, 0.1) is 28.1 Å². The highest BCUT2D eigenvalue weighted by Crippen LogP contribution is 2.55. The Hall–Kier alpha value is -3.38. The molecule has 6 rings (SSSR count). The third kappa shape index (κ3) is 6.49. The van der Waals surface area contributed by atoms with Gasteiger partial charge in [0.25, 0.3) is 5.91 Å². The molecule has 0 bridgehead atoms. The highest BCUT2D eigenvalue weighted by Gasteiger charge is 2.64. The number of amides is 1. The number of nitriles is 1. The number of aromatic nitrogens is 2. The number of likely N-dealkylation sites (tertiary alicyclic amines) is 1. The number of rotatable bonds is 8. The van der Waals surface area contributed by atoms with E-state index >= 15 is 0 Å². The molecular formula is C36H45ClN6O2. The SMILES string of the molecule is CC1(C)C(NC(=O)c2ccc(-c3cnn(C4CCN(CC5CCNCC5)CC4)c3)cc2)C(C)(C)C1Oc1ccc(C#N)c(Cl)c1. The maximum Gasteiger partial charge on any atom is 0.251 e. The van der Waals surface area contributed by atoms with Crippen LogP contribution in [0.3, 0.4) is 0 Å². The molecule has 3 fully saturated rings. The van der Waals surface area contributed by atoms with Crippen molar-refractivity contribution in [3.05, 3.63) is 71.0 Å². The van der Waals surface area contributed by atoms with Crippen LogP contribution in [0.25, 0.3) is 11.1 Å². The van der Waals surface area contributed by atoms with Crippen molar-refractivity contribution in [2.24, 2.45) is 16.7 Å². The smallest absolute Gasteiger partial charge is 0.251 e. The lowest BCUT2D eigenvalue weighted by Crippen LogP contribution is -2.74. The van der Waals surface area contributed by atoms with E-state index < -0.39 is 0 Å². The van der Waals surface area contributed by atoms with Crippen LogP contribution >= 0.6 is 11.6 Å². The van der Waals surface area contributed by atoms with Crippen molar-refractivity contribution in [3.63, 3.8) is 0 Å². The number of hydrogen-bond donors (Lipinski definition) is 2. The van der Waals surface area contributed by atoms with E-state index in [-0.39, 0.29) is 28.9 Å². The second-order valence-electron chi connectivity index (χ2n) is 14.3.